The van der Waals surface area contributed by atoms with Crippen molar-refractivity contribution in [1.29, 1.82) is 0 Å². The Morgan fingerprint density at radius 2 is 1.74 bits per heavy atom. The van der Waals surface area contributed by atoms with Gasteiger partial charge in [0.2, 0.25) is 0 Å². The Balaban J connectivity index is 1.75. The summed E-state index contributed by atoms with van der Waals surface area (Å²) in [6.45, 7) is 3.87. The number of halogens is 2. The number of hydrogen-bond donors (Lipinski definition) is 3. The second-order valence-electron chi connectivity index (χ2n) is 7.79. The van der Waals surface area contributed by atoms with Gasteiger partial charge < -0.3 is 20.4 Å². The van der Waals surface area contributed by atoms with Crippen molar-refractivity contribution < 1.29 is 14.3 Å². The van der Waals surface area contributed by atoms with E-state index in [9.17, 15) is 9.59 Å². The van der Waals surface area contributed by atoms with E-state index < -0.39 is 5.91 Å². The number of carbonyl (C=O) groups excluding carboxylic acids is 2. The van der Waals surface area contributed by atoms with Gasteiger partial charge in [0.05, 0.1) is 21.7 Å². The minimum atomic E-state index is -0.393. The van der Waals surface area contributed by atoms with Gasteiger partial charge in [-0.05, 0) is 55.3 Å². The van der Waals surface area contributed by atoms with E-state index in [1.165, 1.54) is 0 Å². The average molecular weight is 497 g/mol. The SMILES string of the molecule is COCc1nc2c(C(=O)Nc3cccc(Cl)c3C)cc(NC(=O)c3c(C)cccc3Cl)cc2[nH]1. The molecule has 174 valence electrons. The van der Waals surface area contributed by atoms with Crippen molar-refractivity contribution in [3.63, 3.8) is 0 Å². The molecule has 1 heterocycles. The molecule has 0 saturated heterocycles. The third kappa shape index (κ3) is 4.77. The molecule has 4 aromatic rings. The van der Waals surface area contributed by atoms with Crippen molar-refractivity contribution in [2.45, 2.75) is 20.5 Å². The van der Waals surface area contributed by atoms with E-state index in [1.54, 1.807) is 49.6 Å². The number of hydrogen-bond acceptors (Lipinski definition) is 4. The van der Waals surface area contributed by atoms with E-state index in [1.807, 2.05) is 19.9 Å². The zero-order valence-electron chi connectivity index (χ0n) is 18.8. The Bertz CT molecular complexity index is 1390. The monoisotopic (exact) mass is 496 g/mol. The predicted octanol–water partition coefficient (Wildman–Crippen LogP) is 6.14. The molecule has 3 N–H and O–H groups in total. The molecule has 4 rings (SSSR count). The quantitative estimate of drug-likeness (QED) is 0.298. The van der Waals surface area contributed by atoms with E-state index in [2.05, 4.69) is 20.6 Å². The number of imidazole rings is 1. The number of amides is 2. The zero-order chi connectivity index (χ0) is 24.4. The lowest BCUT2D eigenvalue weighted by Crippen LogP contribution is -2.16. The van der Waals surface area contributed by atoms with Gasteiger partial charge in [-0.15, -0.1) is 0 Å². The van der Waals surface area contributed by atoms with Crippen molar-refractivity contribution in [3.05, 3.63) is 86.7 Å². The number of benzene rings is 3. The number of nitrogens with zero attached hydrogens (tertiary/aromatic N) is 1. The summed E-state index contributed by atoms with van der Waals surface area (Å²) in [5.74, 6) is -0.220. The van der Waals surface area contributed by atoms with Crippen LogP contribution in [0.5, 0.6) is 0 Å². The second-order valence-corrected chi connectivity index (χ2v) is 8.60. The molecule has 0 spiro atoms. The molecular weight excluding hydrogens is 475 g/mol. The van der Waals surface area contributed by atoms with Crippen LogP contribution in [-0.4, -0.2) is 28.9 Å². The van der Waals surface area contributed by atoms with Crippen LogP contribution in [0.2, 0.25) is 10.0 Å². The Morgan fingerprint density at radius 1 is 1.00 bits per heavy atom. The number of H-pyrrole nitrogens is 1. The van der Waals surface area contributed by atoms with E-state index >= 15 is 0 Å². The van der Waals surface area contributed by atoms with Crippen molar-refractivity contribution in [2.24, 2.45) is 0 Å². The van der Waals surface area contributed by atoms with Crippen molar-refractivity contribution >= 4 is 57.4 Å². The third-order valence-corrected chi connectivity index (χ3v) is 6.11. The van der Waals surface area contributed by atoms with Gasteiger partial charge in [-0.3, -0.25) is 9.59 Å². The minimum absolute atomic E-state index is 0.240. The highest BCUT2D eigenvalue weighted by atomic mass is 35.5. The first-order valence-corrected chi connectivity index (χ1v) is 11.2. The molecule has 34 heavy (non-hydrogen) atoms. The number of fused-ring (bicyclic) bond motifs is 1. The van der Waals surface area contributed by atoms with Gasteiger partial charge in [-0.1, -0.05) is 41.4 Å². The Morgan fingerprint density at radius 3 is 2.47 bits per heavy atom. The highest BCUT2D eigenvalue weighted by Gasteiger charge is 2.19. The number of rotatable bonds is 6. The van der Waals surface area contributed by atoms with Gasteiger partial charge in [0, 0.05) is 23.5 Å². The number of aryl methyl sites for hydroxylation is 1. The zero-order valence-corrected chi connectivity index (χ0v) is 20.3. The molecule has 0 radical (unpaired) electrons. The van der Waals surface area contributed by atoms with Crippen LogP contribution in [0.25, 0.3) is 11.0 Å². The fourth-order valence-electron chi connectivity index (χ4n) is 3.66. The van der Waals surface area contributed by atoms with E-state index in [4.69, 9.17) is 27.9 Å². The van der Waals surface area contributed by atoms with Gasteiger partial charge in [0.1, 0.15) is 17.9 Å². The topological polar surface area (TPSA) is 96.1 Å². The molecule has 0 aliphatic heterocycles. The van der Waals surface area contributed by atoms with Gasteiger partial charge in [-0.2, -0.15) is 0 Å². The van der Waals surface area contributed by atoms with Crippen molar-refractivity contribution in [2.75, 3.05) is 17.7 Å². The fourth-order valence-corrected chi connectivity index (χ4v) is 4.15. The van der Waals surface area contributed by atoms with Gasteiger partial charge >= 0.3 is 0 Å². The molecule has 0 bridgehead atoms. The number of carbonyl (C=O) groups is 2. The van der Waals surface area contributed by atoms with Crippen LogP contribution in [-0.2, 0) is 11.3 Å². The lowest BCUT2D eigenvalue weighted by Gasteiger charge is -2.13. The first-order valence-electron chi connectivity index (χ1n) is 10.4. The molecule has 0 unspecified atom stereocenters. The third-order valence-electron chi connectivity index (χ3n) is 5.38. The maximum atomic E-state index is 13.3. The lowest BCUT2D eigenvalue weighted by molar-refractivity contribution is 0.101. The molecular formula is C25H22Cl2N4O3. The number of nitrogens with one attached hydrogen (secondary N) is 3. The standard InChI is InChI=1S/C25H22Cl2N4O3/c1-13-6-4-8-18(27)22(13)25(33)28-15-10-16(23-20(11-15)29-21(31-23)12-34-3)24(32)30-19-9-5-7-17(26)14(19)2/h4-11H,12H2,1-3H3,(H,28,33)(H,29,31)(H,30,32). The summed E-state index contributed by atoms with van der Waals surface area (Å²) in [4.78, 5) is 33.9. The highest BCUT2D eigenvalue weighted by molar-refractivity contribution is 6.34. The minimum Gasteiger partial charge on any atom is -0.377 e. The molecule has 0 fully saturated rings. The Kier molecular flexibility index (Phi) is 6.88. The van der Waals surface area contributed by atoms with Crippen LogP contribution in [0.15, 0.2) is 48.5 Å². The highest BCUT2D eigenvalue weighted by Crippen LogP contribution is 2.28. The van der Waals surface area contributed by atoms with Crippen LogP contribution in [0, 0.1) is 13.8 Å². The van der Waals surface area contributed by atoms with Crippen molar-refractivity contribution in [1.82, 2.24) is 9.97 Å². The first-order chi connectivity index (χ1) is 16.3. The number of methoxy groups -OCH3 is 1. The molecule has 2 amide bonds. The van der Waals surface area contributed by atoms with Crippen molar-refractivity contribution in [3.8, 4) is 0 Å². The summed E-state index contributed by atoms with van der Waals surface area (Å²) < 4.78 is 5.17. The molecule has 1 aromatic heterocycles. The van der Waals surface area contributed by atoms with Gasteiger partial charge in [-0.25, -0.2) is 4.98 Å². The molecule has 0 saturated carbocycles. The largest absolute Gasteiger partial charge is 0.377 e. The molecule has 3 aromatic carbocycles. The predicted molar refractivity (Wildman–Crippen MR) is 135 cm³/mol. The maximum absolute atomic E-state index is 13.3. The van der Waals surface area contributed by atoms with E-state index in [0.29, 0.717) is 43.8 Å². The van der Waals surface area contributed by atoms with Crippen LogP contribution in [0.3, 0.4) is 0 Å². The maximum Gasteiger partial charge on any atom is 0.258 e. The van der Waals surface area contributed by atoms with E-state index in [0.717, 1.165) is 11.1 Å². The fraction of sp³-hybridized carbons (Fsp3) is 0.160. The molecule has 7 nitrogen and oxygen atoms in total. The summed E-state index contributed by atoms with van der Waals surface area (Å²) in [6, 6.07) is 13.8. The normalized spacial score (nSPS) is 11.0. The Labute approximate surface area is 206 Å². The molecule has 9 heteroatoms. The van der Waals surface area contributed by atoms with Crippen LogP contribution in [0.1, 0.15) is 37.7 Å². The summed E-state index contributed by atoms with van der Waals surface area (Å²) in [6.07, 6.45) is 0. The lowest BCUT2D eigenvalue weighted by atomic mass is 10.1. The number of aromatic amines is 1. The summed E-state index contributed by atoms with van der Waals surface area (Å²) in [5, 5.41) is 6.63. The second kappa shape index (κ2) is 9.85. The summed E-state index contributed by atoms with van der Waals surface area (Å²) >= 11 is 12.5. The van der Waals surface area contributed by atoms with Gasteiger partial charge in [0.25, 0.3) is 11.8 Å². The molecule has 0 aliphatic carbocycles. The van der Waals surface area contributed by atoms with Gasteiger partial charge in [0.15, 0.2) is 0 Å². The number of aromatic nitrogens is 2. The first kappa shape index (κ1) is 23.8. The number of ether oxygens (including phenoxy) is 1. The summed E-state index contributed by atoms with van der Waals surface area (Å²) in [5.41, 5.74) is 4.16. The van der Waals surface area contributed by atoms with Crippen LogP contribution < -0.4 is 10.6 Å². The van der Waals surface area contributed by atoms with E-state index in [-0.39, 0.29) is 18.1 Å². The van der Waals surface area contributed by atoms with Crippen LogP contribution in [0.4, 0.5) is 11.4 Å². The average Bonchev–Trinajstić information content (AvgIpc) is 3.19. The van der Waals surface area contributed by atoms with Crippen LogP contribution >= 0.6 is 23.2 Å². The number of anilines is 2. The summed E-state index contributed by atoms with van der Waals surface area (Å²) in [7, 11) is 1.56. The molecule has 0 aliphatic rings. The Hall–Kier alpha value is -3.39. The smallest absolute Gasteiger partial charge is 0.258 e. The molecule has 0 atom stereocenters.